The van der Waals surface area contributed by atoms with Crippen molar-refractivity contribution in [2.45, 2.75) is 32.2 Å². The van der Waals surface area contributed by atoms with Gasteiger partial charge >= 0.3 is 0 Å². The lowest BCUT2D eigenvalue weighted by atomic mass is 10.2. The van der Waals surface area contributed by atoms with E-state index in [1.165, 1.54) is 19.3 Å². The topological polar surface area (TPSA) is 26.0 Å². The molecule has 42 valence electrons. The van der Waals surface area contributed by atoms with Crippen molar-refractivity contribution in [3.63, 3.8) is 0 Å². The summed E-state index contributed by atoms with van der Waals surface area (Å²) in [5.74, 6) is 0.894. The zero-order chi connectivity index (χ0) is 5.28. The molecule has 0 aromatic rings. The summed E-state index contributed by atoms with van der Waals surface area (Å²) < 4.78 is 0. The van der Waals surface area contributed by atoms with E-state index in [1.54, 1.807) is 0 Å². The summed E-state index contributed by atoms with van der Waals surface area (Å²) in [6.07, 6.45) is 3.94. The summed E-state index contributed by atoms with van der Waals surface area (Å²) >= 11 is 0. The second-order valence-electron chi connectivity index (χ2n) is 2.45. The Morgan fingerprint density at radius 1 is 1.71 bits per heavy atom. The third-order valence-electron chi connectivity index (χ3n) is 1.64. The molecule has 1 saturated carbocycles. The number of nitrogens with two attached hydrogens (primary N) is 1. The van der Waals surface area contributed by atoms with Gasteiger partial charge in [0, 0.05) is 6.04 Å². The summed E-state index contributed by atoms with van der Waals surface area (Å²) in [7, 11) is 0. The molecule has 0 bridgehead atoms. The van der Waals surface area contributed by atoms with Crippen molar-refractivity contribution in [3.05, 3.63) is 0 Å². The van der Waals surface area contributed by atoms with E-state index < -0.39 is 0 Å². The highest BCUT2D eigenvalue weighted by Crippen LogP contribution is 2.31. The van der Waals surface area contributed by atoms with Crippen molar-refractivity contribution in [2.75, 3.05) is 0 Å². The van der Waals surface area contributed by atoms with Crippen LogP contribution >= 0.6 is 0 Å². The maximum absolute atomic E-state index is 5.55. The van der Waals surface area contributed by atoms with E-state index in [2.05, 4.69) is 6.92 Å². The van der Waals surface area contributed by atoms with Crippen molar-refractivity contribution in [1.82, 2.24) is 0 Å². The van der Waals surface area contributed by atoms with Crippen LogP contribution in [0.2, 0.25) is 0 Å². The van der Waals surface area contributed by atoms with Crippen LogP contribution in [0.15, 0.2) is 0 Å². The molecule has 1 nitrogen and oxygen atoms in total. The summed E-state index contributed by atoms with van der Waals surface area (Å²) in [5.41, 5.74) is 5.55. The smallest absolute Gasteiger partial charge is 0.00709 e. The second-order valence-corrected chi connectivity index (χ2v) is 2.45. The summed E-state index contributed by atoms with van der Waals surface area (Å²) in [6, 6.07) is 0.569. The first-order chi connectivity index (χ1) is 3.34. The summed E-state index contributed by atoms with van der Waals surface area (Å²) in [6.45, 7) is 2.21. The van der Waals surface area contributed by atoms with E-state index in [9.17, 15) is 0 Å². The van der Waals surface area contributed by atoms with Gasteiger partial charge in [0.25, 0.3) is 0 Å². The molecule has 0 aliphatic heterocycles. The van der Waals surface area contributed by atoms with E-state index in [0.29, 0.717) is 6.04 Å². The Kier molecular flexibility index (Phi) is 1.33. The van der Waals surface area contributed by atoms with E-state index in [1.807, 2.05) is 0 Å². The predicted octanol–water partition coefficient (Wildman–Crippen LogP) is 1.13. The van der Waals surface area contributed by atoms with Gasteiger partial charge in [0.1, 0.15) is 0 Å². The third-order valence-corrected chi connectivity index (χ3v) is 1.64. The molecule has 1 aliphatic carbocycles. The van der Waals surface area contributed by atoms with Gasteiger partial charge < -0.3 is 5.73 Å². The van der Waals surface area contributed by atoms with Crippen LogP contribution in [0.1, 0.15) is 26.2 Å². The first kappa shape index (κ1) is 5.10. The molecule has 0 aromatic carbocycles. The molecule has 0 unspecified atom stereocenters. The van der Waals surface area contributed by atoms with Gasteiger partial charge in [-0.2, -0.15) is 0 Å². The minimum absolute atomic E-state index is 0.569. The maximum Gasteiger partial charge on any atom is 0.00709 e. The van der Waals surface area contributed by atoms with Crippen molar-refractivity contribution < 1.29 is 0 Å². The Hall–Kier alpha value is -0.0400. The average Bonchev–Trinajstić information content (AvgIpc) is 2.22. The summed E-state index contributed by atoms with van der Waals surface area (Å²) in [5, 5.41) is 0. The van der Waals surface area contributed by atoms with Crippen LogP contribution in [0.5, 0.6) is 0 Å². The Bertz CT molecular complexity index is 61.2. The minimum atomic E-state index is 0.569. The standard InChI is InChI=1S/C6H13N/c1-2-3-5-4-6(5)7/h5-6H,2-4,7H2,1H3/t5-,6+/m1/s1. The van der Waals surface area contributed by atoms with Gasteiger partial charge in [-0.1, -0.05) is 13.3 Å². The van der Waals surface area contributed by atoms with Gasteiger partial charge in [-0.15, -0.1) is 0 Å². The number of rotatable bonds is 2. The highest BCUT2D eigenvalue weighted by Gasteiger charge is 2.31. The highest BCUT2D eigenvalue weighted by molar-refractivity contribution is 4.88. The molecule has 0 amide bonds. The van der Waals surface area contributed by atoms with Gasteiger partial charge in [-0.05, 0) is 18.8 Å². The van der Waals surface area contributed by atoms with Crippen molar-refractivity contribution in [2.24, 2.45) is 11.7 Å². The normalized spacial score (nSPS) is 38.6. The van der Waals surface area contributed by atoms with Gasteiger partial charge in [0.2, 0.25) is 0 Å². The fourth-order valence-electron chi connectivity index (χ4n) is 0.974. The fourth-order valence-corrected chi connectivity index (χ4v) is 0.974. The Balaban J connectivity index is 1.98. The Morgan fingerprint density at radius 2 is 2.29 bits per heavy atom. The van der Waals surface area contributed by atoms with Crippen molar-refractivity contribution >= 4 is 0 Å². The van der Waals surface area contributed by atoms with E-state index in [4.69, 9.17) is 5.73 Å². The lowest BCUT2D eigenvalue weighted by molar-refractivity contribution is 0.683. The van der Waals surface area contributed by atoms with Crippen molar-refractivity contribution in [3.8, 4) is 0 Å². The van der Waals surface area contributed by atoms with E-state index >= 15 is 0 Å². The lowest BCUT2D eigenvalue weighted by Gasteiger charge is -1.86. The molecule has 0 saturated heterocycles. The molecular formula is C6H13N. The van der Waals surface area contributed by atoms with Crippen LogP contribution in [0.3, 0.4) is 0 Å². The first-order valence-corrected chi connectivity index (χ1v) is 3.10. The quantitative estimate of drug-likeness (QED) is 0.552. The zero-order valence-electron chi connectivity index (χ0n) is 4.85. The van der Waals surface area contributed by atoms with Crippen LogP contribution < -0.4 is 5.73 Å². The lowest BCUT2D eigenvalue weighted by Crippen LogP contribution is -2.00. The predicted molar refractivity (Wildman–Crippen MR) is 31.0 cm³/mol. The molecule has 7 heavy (non-hydrogen) atoms. The third kappa shape index (κ3) is 1.16. The molecule has 0 heterocycles. The molecule has 0 aromatic heterocycles. The molecular weight excluding hydrogens is 86.1 g/mol. The molecule has 1 fully saturated rings. The molecule has 1 rings (SSSR count). The van der Waals surface area contributed by atoms with Crippen LogP contribution in [0, 0.1) is 5.92 Å². The largest absolute Gasteiger partial charge is 0.327 e. The van der Waals surface area contributed by atoms with Crippen LogP contribution in [0.25, 0.3) is 0 Å². The SMILES string of the molecule is CCC[C@@H]1C[C@@H]1N. The van der Waals surface area contributed by atoms with Gasteiger partial charge in [-0.3, -0.25) is 0 Å². The molecule has 0 spiro atoms. The minimum Gasteiger partial charge on any atom is -0.327 e. The zero-order valence-corrected chi connectivity index (χ0v) is 4.85. The van der Waals surface area contributed by atoms with Gasteiger partial charge in [0.05, 0.1) is 0 Å². The monoisotopic (exact) mass is 99.1 g/mol. The van der Waals surface area contributed by atoms with E-state index in [0.717, 1.165) is 5.92 Å². The van der Waals surface area contributed by atoms with Crippen LogP contribution in [-0.2, 0) is 0 Å². The van der Waals surface area contributed by atoms with Crippen LogP contribution in [-0.4, -0.2) is 6.04 Å². The second kappa shape index (κ2) is 1.83. The van der Waals surface area contributed by atoms with E-state index in [-0.39, 0.29) is 0 Å². The highest BCUT2D eigenvalue weighted by atomic mass is 14.7. The molecule has 1 aliphatic rings. The summed E-state index contributed by atoms with van der Waals surface area (Å²) in [4.78, 5) is 0. The first-order valence-electron chi connectivity index (χ1n) is 3.10. The Labute approximate surface area is 44.9 Å². The van der Waals surface area contributed by atoms with Crippen LogP contribution in [0.4, 0.5) is 0 Å². The average molecular weight is 99.2 g/mol. The number of hydrogen-bond acceptors (Lipinski definition) is 1. The number of hydrogen-bond donors (Lipinski definition) is 1. The molecule has 2 N–H and O–H groups in total. The maximum atomic E-state index is 5.55. The van der Waals surface area contributed by atoms with Crippen molar-refractivity contribution in [1.29, 1.82) is 0 Å². The Morgan fingerprint density at radius 3 is 2.43 bits per heavy atom. The fraction of sp³-hybridized carbons (Fsp3) is 1.00. The molecule has 0 radical (unpaired) electrons. The van der Waals surface area contributed by atoms with Gasteiger partial charge in [-0.25, -0.2) is 0 Å². The molecule has 1 heteroatoms. The molecule has 2 atom stereocenters. The van der Waals surface area contributed by atoms with Gasteiger partial charge in [0.15, 0.2) is 0 Å².